The number of aromatic nitrogens is 2. The van der Waals surface area contributed by atoms with E-state index in [1.807, 2.05) is 0 Å². The van der Waals surface area contributed by atoms with Crippen LogP contribution in [0, 0.1) is 0 Å². The predicted molar refractivity (Wildman–Crippen MR) is 95.6 cm³/mol. The molecule has 3 N–H and O–H groups in total. The number of nitrogens with one attached hydrogen (secondary N) is 3. The van der Waals surface area contributed by atoms with E-state index in [9.17, 15) is 14.4 Å². The molecule has 1 aromatic heterocycles. The molecule has 9 heteroatoms. The second-order valence-corrected chi connectivity index (χ2v) is 5.99. The fourth-order valence-corrected chi connectivity index (χ4v) is 2.68. The van der Waals surface area contributed by atoms with Gasteiger partial charge in [-0.25, -0.2) is 4.79 Å². The molecule has 1 atom stereocenters. The molecule has 0 spiro atoms. The van der Waals surface area contributed by atoms with Crippen LogP contribution in [-0.4, -0.2) is 46.8 Å². The van der Waals surface area contributed by atoms with Crippen LogP contribution < -0.4 is 20.9 Å². The summed E-state index contributed by atoms with van der Waals surface area (Å²) in [5.74, 6) is -1.49. The van der Waals surface area contributed by atoms with Crippen LogP contribution >= 0.6 is 0 Å². The molecule has 0 saturated carbocycles. The smallest absolute Gasteiger partial charge is 0.321 e. The zero-order chi connectivity index (χ0) is 18.5. The Morgan fingerprint density at radius 3 is 2.85 bits per heavy atom. The Hall–Kier alpha value is -3.36. The van der Waals surface area contributed by atoms with E-state index in [0.29, 0.717) is 31.0 Å². The zero-order valence-electron chi connectivity index (χ0n) is 14.3. The second-order valence-electron chi connectivity index (χ2n) is 5.99. The fourth-order valence-electron chi connectivity index (χ4n) is 2.68. The lowest BCUT2D eigenvalue weighted by Gasteiger charge is -2.16. The number of anilines is 2. The minimum Gasteiger partial charge on any atom is -0.344 e. The maximum absolute atomic E-state index is 12.1. The Kier molecular flexibility index (Phi) is 5.16. The summed E-state index contributed by atoms with van der Waals surface area (Å²) in [6, 6.07) is 8.15. The van der Waals surface area contributed by atoms with Crippen LogP contribution in [0.25, 0.3) is 0 Å². The summed E-state index contributed by atoms with van der Waals surface area (Å²) in [5.41, 5.74) is 1.10. The van der Waals surface area contributed by atoms with Crippen molar-refractivity contribution in [1.29, 1.82) is 0 Å². The summed E-state index contributed by atoms with van der Waals surface area (Å²) in [7, 11) is 0. The van der Waals surface area contributed by atoms with Crippen molar-refractivity contribution in [1.82, 2.24) is 20.4 Å². The van der Waals surface area contributed by atoms with E-state index in [1.54, 1.807) is 59.2 Å². The molecule has 0 unspecified atom stereocenters. The number of hydrogen-bond donors (Lipinski definition) is 3. The Morgan fingerprint density at radius 2 is 2.15 bits per heavy atom. The molecular weight excluding hydrogens is 336 g/mol. The SMILES string of the molecule is C[C@@H](Cn1cccn1)NC(=O)C(=O)Nc1cccc(N2CCNC2=O)c1. The van der Waals surface area contributed by atoms with E-state index in [-0.39, 0.29) is 12.1 Å². The molecule has 26 heavy (non-hydrogen) atoms. The largest absolute Gasteiger partial charge is 0.344 e. The van der Waals surface area contributed by atoms with Crippen LogP contribution in [0.1, 0.15) is 6.92 Å². The molecule has 2 heterocycles. The average Bonchev–Trinajstić information content (AvgIpc) is 3.26. The number of carbonyl (C=O) groups excluding carboxylic acids is 3. The van der Waals surface area contributed by atoms with Crippen molar-refractivity contribution in [3.63, 3.8) is 0 Å². The van der Waals surface area contributed by atoms with Crippen molar-refractivity contribution in [2.24, 2.45) is 0 Å². The third kappa shape index (κ3) is 4.18. The van der Waals surface area contributed by atoms with Crippen molar-refractivity contribution in [3.8, 4) is 0 Å². The predicted octanol–water partition coefficient (Wildman–Crippen LogP) is 0.556. The van der Waals surface area contributed by atoms with Crippen molar-refractivity contribution in [2.75, 3.05) is 23.3 Å². The Labute approximate surface area is 150 Å². The van der Waals surface area contributed by atoms with Crippen LogP contribution in [0.2, 0.25) is 0 Å². The first-order valence-electron chi connectivity index (χ1n) is 8.27. The molecule has 0 bridgehead atoms. The van der Waals surface area contributed by atoms with E-state index < -0.39 is 11.8 Å². The van der Waals surface area contributed by atoms with Gasteiger partial charge >= 0.3 is 17.8 Å². The standard InChI is InChI=1S/C17H20N6O3/c1-12(11-22-8-3-6-19-22)20-15(24)16(25)21-13-4-2-5-14(10-13)23-9-7-18-17(23)26/h2-6,8,10,12H,7,9,11H2,1H3,(H,18,26)(H,20,24)(H,21,25)/t12-/m0/s1. The molecule has 1 aliphatic rings. The van der Waals surface area contributed by atoms with Crippen LogP contribution in [0.4, 0.5) is 16.2 Å². The van der Waals surface area contributed by atoms with Gasteiger partial charge in [0.1, 0.15) is 0 Å². The first-order valence-corrected chi connectivity index (χ1v) is 8.27. The van der Waals surface area contributed by atoms with E-state index in [1.165, 1.54) is 0 Å². The van der Waals surface area contributed by atoms with Gasteiger partial charge in [-0.1, -0.05) is 6.07 Å². The number of benzene rings is 1. The van der Waals surface area contributed by atoms with Gasteiger partial charge in [-0.15, -0.1) is 0 Å². The molecule has 0 aliphatic carbocycles. The van der Waals surface area contributed by atoms with Gasteiger partial charge in [0.25, 0.3) is 0 Å². The minimum absolute atomic E-state index is 0.182. The molecule has 1 fully saturated rings. The Bertz CT molecular complexity index is 805. The molecule has 1 saturated heterocycles. The highest BCUT2D eigenvalue weighted by atomic mass is 16.2. The molecule has 3 rings (SSSR count). The topological polar surface area (TPSA) is 108 Å². The van der Waals surface area contributed by atoms with Gasteiger partial charge in [0, 0.05) is 42.9 Å². The molecular formula is C17H20N6O3. The van der Waals surface area contributed by atoms with Crippen molar-refractivity contribution in [2.45, 2.75) is 19.5 Å². The van der Waals surface area contributed by atoms with Gasteiger partial charge in [0.05, 0.1) is 6.54 Å². The van der Waals surface area contributed by atoms with Crippen LogP contribution in [0.5, 0.6) is 0 Å². The highest BCUT2D eigenvalue weighted by Gasteiger charge is 2.22. The number of amides is 4. The van der Waals surface area contributed by atoms with Crippen molar-refractivity contribution >= 4 is 29.2 Å². The highest BCUT2D eigenvalue weighted by Crippen LogP contribution is 2.20. The number of urea groups is 1. The molecule has 9 nitrogen and oxygen atoms in total. The summed E-state index contributed by atoms with van der Waals surface area (Å²) in [4.78, 5) is 37.5. The third-order valence-corrected chi connectivity index (χ3v) is 3.88. The van der Waals surface area contributed by atoms with E-state index in [2.05, 4.69) is 21.0 Å². The fraction of sp³-hybridized carbons (Fsp3) is 0.294. The van der Waals surface area contributed by atoms with E-state index >= 15 is 0 Å². The minimum atomic E-state index is -0.764. The maximum Gasteiger partial charge on any atom is 0.321 e. The summed E-state index contributed by atoms with van der Waals surface area (Å²) >= 11 is 0. The number of rotatable bonds is 5. The van der Waals surface area contributed by atoms with E-state index in [0.717, 1.165) is 0 Å². The zero-order valence-corrected chi connectivity index (χ0v) is 14.3. The Balaban J connectivity index is 1.57. The number of hydrogen-bond acceptors (Lipinski definition) is 4. The lowest BCUT2D eigenvalue weighted by molar-refractivity contribution is -0.136. The molecule has 2 aromatic rings. The number of carbonyl (C=O) groups is 3. The first-order chi connectivity index (χ1) is 12.5. The van der Waals surface area contributed by atoms with Crippen molar-refractivity contribution in [3.05, 3.63) is 42.7 Å². The van der Waals surface area contributed by atoms with Crippen LogP contribution in [-0.2, 0) is 16.1 Å². The molecule has 1 aliphatic heterocycles. The van der Waals surface area contributed by atoms with Crippen LogP contribution in [0.3, 0.4) is 0 Å². The average molecular weight is 356 g/mol. The second kappa shape index (κ2) is 7.68. The molecule has 1 aromatic carbocycles. The quantitative estimate of drug-likeness (QED) is 0.680. The first kappa shape index (κ1) is 17.5. The number of nitrogens with zero attached hydrogens (tertiary/aromatic N) is 3. The summed E-state index contributed by atoms with van der Waals surface area (Å²) < 4.78 is 1.67. The Morgan fingerprint density at radius 1 is 1.31 bits per heavy atom. The van der Waals surface area contributed by atoms with Gasteiger partial charge in [-0.2, -0.15) is 5.10 Å². The lowest BCUT2D eigenvalue weighted by atomic mass is 10.2. The van der Waals surface area contributed by atoms with Crippen molar-refractivity contribution < 1.29 is 14.4 Å². The van der Waals surface area contributed by atoms with Crippen LogP contribution in [0.15, 0.2) is 42.7 Å². The normalized spacial score (nSPS) is 14.7. The molecule has 136 valence electrons. The van der Waals surface area contributed by atoms with E-state index in [4.69, 9.17) is 0 Å². The van der Waals surface area contributed by atoms with Gasteiger partial charge in [-0.05, 0) is 31.2 Å². The summed E-state index contributed by atoms with van der Waals surface area (Å²) in [5, 5.41) is 12.0. The maximum atomic E-state index is 12.1. The third-order valence-electron chi connectivity index (χ3n) is 3.88. The summed E-state index contributed by atoms with van der Waals surface area (Å²) in [6.45, 7) is 3.39. The highest BCUT2D eigenvalue weighted by molar-refractivity contribution is 6.39. The van der Waals surface area contributed by atoms with Gasteiger partial charge in [-0.3, -0.25) is 19.2 Å². The monoisotopic (exact) mass is 356 g/mol. The molecule has 0 radical (unpaired) electrons. The molecule has 4 amide bonds. The lowest BCUT2D eigenvalue weighted by Crippen LogP contribution is -2.42. The van der Waals surface area contributed by atoms with Gasteiger partial charge in [0.15, 0.2) is 0 Å². The summed E-state index contributed by atoms with van der Waals surface area (Å²) in [6.07, 6.45) is 3.43. The van der Waals surface area contributed by atoms with Gasteiger partial charge in [0.2, 0.25) is 0 Å². The van der Waals surface area contributed by atoms with Gasteiger partial charge < -0.3 is 16.0 Å².